The van der Waals surface area contributed by atoms with Crippen LogP contribution in [0.15, 0.2) is 40.8 Å². The van der Waals surface area contributed by atoms with Crippen LogP contribution in [-0.2, 0) is 0 Å². The van der Waals surface area contributed by atoms with Crippen LogP contribution >= 0.6 is 0 Å². The van der Waals surface area contributed by atoms with Gasteiger partial charge < -0.3 is 0 Å². The lowest BCUT2D eigenvalue weighted by Crippen LogP contribution is -1.84. The van der Waals surface area contributed by atoms with Crippen molar-refractivity contribution in [1.82, 2.24) is 4.98 Å². The molecule has 0 fully saturated rings. The van der Waals surface area contributed by atoms with E-state index in [0.29, 0.717) is 0 Å². The summed E-state index contributed by atoms with van der Waals surface area (Å²) in [5.74, 6) is 0. The summed E-state index contributed by atoms with van der Waals surface area (Å²) < 4.78 is 5.85. The van der Waals surface area contributed by atoms with Gasteiger partial charge in [-0.05, 0) is 37.1 Å². The Morgan fingerprint density at radius 3 is 1.81 bits per heavy atom. The predicted octanol–water partition coefficient (Wildman–Crippen LogP) is 3.88. The first-order valence-electron chi connectivity index (χ1n) is 5.33. The summed E-state index contributed by atoms with van der Waals surface area (Å²) in [7, 11) is 0. The molecule has 2 nitrogen and oxygen atoms in total. The number of aromatic nitrogens is 1. The van der Waals surface area contributed by atoms with Crippen LogP contribution in [0.5, 0.6) is 0 Å². The molecule has 0 atom stereocenters. The Morgan fingerprint density at radius 2 is 1.31 bits per heavy atom. The van der Waals surface area contributed by atoms with Gasteiger partial charge in [0, 0.05) is 12.1 Å². The number of nitrogens with zero attached hydrogens (tertiary/aromatic N) is 1. The molecule has 2 aromatic carbocycles. The van der Waals surface area contributed by atoms with Crippen molar-refractivity contribution in [2.75, 3.05) is 0 Å². The molecule has 0 unspecified atom stereocenters. The van der Waals surface area contributed by atoms with E-state index >= 15 is 0 Å². The van der Waals surface area contributed by atoms with E-state index in [1.54, 1.807) is 0 Å². The standard InChI is InChI=1S/C14H12NO/c1-9-3-5-11-13(7-9)16-14-8-10(2)4-6-12(14)15-11/h3-8H,1-2H3/q+1. The van der Waals surface area contributed by atoms with E-state index in [1.807, 2.05) is 36.4 Å². The van der Waals surface area contributed by atoms with E-state index in [2.05, 4.69) is 18.8 Å². The highest BCUT2D eigenvalue weighted by atomic mass is 16.3. The number of hydrogen-bond donors (Lipinski definition) is 0. The molecule has 3 rings (SSSR count). The van der Waals surface area contributed by atoms with Gasteiger partial charge in [0.1, 0.15) is 0 Å². The maximum Gasteiger partial charge on any atom is 0.379 e. The monoisotopic (exact) mass is 210 g/mol. The van der Waals surface area contributed by atoms with Crippen LogP contribution in [0.3, 0.4) is 0 Å². The second kappa shape index (κ2) is 3.27. The fraction of sp³-hybridized carbons (Fsp3) is 0.143. The first-order valence-corrected chi connectivity index (χ1v) is 5.33. The van der Waals surface area contributed by atoms with Gasteiger partial charge in [0.25, 0.3) is 0 Å². The zero-order valence-electron chi connectivity index (χ0n) is 9.32. The first-order chi connectivity index (χ1) is 7.72. The predicted molar refractivity (Wildman–Crippen MR) is 65.4 cm³/mol. The molecule has 0 saturated heterocycles. The average molecular weight is 210 g/mol. The van der Waals surface area contributed by atoms with E-state index in [0.717, 1.165) is 22.2 Å². The number of hydrogen-bond acceptors (Lipinski definition) is 1. The fourth-order valence-corrected chi connectivity index (χ4v) is 1.84. The van der Waals surface area contributed by atoms with Gasteiger partial charge in [-0.1, -0.05) is 12.1 Å². The van der Waals surface area contributed by atoms with Crippen LogP contribution in [0.25, 0.3) is 22.2 Å². The van der Waals surface area contributed by atoms with Crippen molar-refractivity contribution in [3.8, 4) is 0 Å². The summed E-state index contributed by atoms with van der Waals surface area (Å²) in [4.78, 5) is 4.57. The van der Waals surface area contributed by atoms with E-state index in [9.17, 15) is 0 Å². The second-order valence-corrected chi connectivity index (χ2v) is 4.16. The molecular formula is C14H12NO+. The maximum absolute atomic E-state index is 5.85. The van der Waals surface area contributed by atoms with Crippen molar-refractivity contribution >= 4 is 22.2 Å². The lowest BCUT2D eigenvalue weighted by molar-refractivity contribution is 0.656. The van der Waals surface area contributed by atoms with Crippen LogP contribution in [0, 0.1) is 13.8 Å². The molecule has 78 valence electrons. The summed E-state index contributed by atoms with van der Waals surface area (Å²) in [6.45, 7) is 4.10. The van der Waals surface area contributed by atoms with Gasteiger partial charge in [0.15, 0.2) is 11.0 Å². The van der Waals surface area contributed by atoms with Crippen LogP contribution in [-0.4, -0.2) is 4.98 Å². The minimum absolute atomic E-state index is 0.845. The van der Waals surface area contributed by atoms with Crippen LogP contribution < -0.4 is 0 Å². The average Bonchev–Trinajstić information content (AvgIpc) is 2.26. The number of rotatable bonds is 0. The largest absolute Gasteiger partial charge is 0.379 e. The number of fused-ring (bicyclic) bond motifs is 2. The minimum Gasteiger partial charge on any atom is -0.229 e. The molecule has 3 aromatic rings. The summed E-state index contributed by atoms with van der Waals surface area (Å²) in [6, 6.07) is 12.1. The number of aryl methyl sites for hydroxylation is 2. The molecule has 0 aliphatic rings. The topological polar surface area (TPSA) is 24.2 Å². The van der Waals surface area contributed by atoms with Crippen molar-refractivity contribution in [1.29, 1.82) is 0 Å². The zero-order chi connectivity index (χ0) is 11.1. The van der Waals surface area contributed by atoms with Gasteiger partial charge in [-0.2, -0.15) is 0 Å². The summed E-state index contributed by atoms with van der Waals surface area (Å²) in [5, 5.41) is 0. The molecule has 0 N–H and O–H groups in total. The Morgan fingerprint density at radius 1 is 0.812 bits per heavy atom. The highest BCUT2D eigenvalue weighted by molar-refractivity contribution is 5.83. The summed E-state index contributed by atoms with van der Waals surface area (Å²) in [6.07, 6.45) is 0. The molecule has 1 heterocycles. The van der Waals surface area contributed by atoms with Gasteiger partial charge in [-0.25, -0.2) is 9.40 Å². The molecule has 16 heavy (non-hydrogen) atoms. The Labute approximate surface area is 93.5 Å². The fourth-order valence-electron chi connectivity index (χ4n) is 1.84. The van der Waals surface area contributed by atoms with Crippen molar-refractivity contribution in [2.45, 2.75) is 13.8 Å². The van der Waals surface area contributed by atoms with Gasteiger partial charge in [0.2, 0.25) is 0 Å². The highest BCUT2D eigenvalue weighted by Crippen LogP contribution is 2.21. The first kappa shape index (κ1) is 9.28. The molecule has 1 aromatic heterocycles. The van der Waals surface area contributed by atoms with Crippen LogP contribution in [0.1, 0.15) is 11.1 Å². The lowest BCUT2D eigenvalue weighted by Gasteiger charge is -1.93. The van der Waals surface area contributed by atoms with Gasteiger partial charge in [-0.15, -0.1) is 0 Å². The quantitative estimate of drug-likeness (QED) is 0.415. The molecule has 0 aliphatic heterocycles. The normalized spacial score (nSPS) is 11.1. The molecule has 2 heteroatoms. The third-order valence-electron chi connectivity index (χ3n) is 2.69. The third kappa shape index (κ3) is 1.43. The van der Waals surface area contributed by atoms with Gasteiger partial charge in [0.05, 0.1) is 0 Å². The molecule has 0 aliphatic carbocycles. The van der Waals surface area contributed by atoms with Crippen molar-refractivity contribution in [3.05, 3.63) is 47.5 Å². The molecule has 0 amide bonds. The smallest absolute Gasteiger partial charge is 0.229 e. The summed E-state index contributed by atoms with van der Waals surface area (Å²) in [5.41, 5.74) is 5.87. The van der Waals surface area contributed by atoms with E-state index in [4.69, 9.17) is 4.42 Å². The Hall–Kier alpha value is -1.96. The Kier molecular flexibility index (Phi) is 1.90. The molecule has 0 saturated carbocycles. The van der Waals surface area contributed by atoms with Crippen molar-refractivity contribution in [2.24, 2.45) is 0 Å². The molecular weight excluding hydrogens is 198 g/mol. The summed E-state index contributed by atoms with van der Waals surface area (Å²) >= 11 is 0. The van der Waals surface area contributed by atoms with Gasteiger partial charge >= 0.3 is 11.2 Å². The third-order valence-corrected chi connectivity index (χ3v) is 2.69. The van der Waals surface area contributed by atoms with Gasteiger partial charge in [-0.3, -0.25) is 0 Å². The Bertz CT molecular complexity index is 632. The second-order valence-electron chi connectivity index (χ2n) is 4.16. The van der Waals surface area contributed by atoms with Crippen LogP contribution in [0.4, 0.5) is 0 Å². The minimum atomic E-state index is 0.845. The number of benzene rings is 2. The molecule has 0 radical (unpaired) electrons. The SMILES string of the molecule is Cc1ccc2nc3ccc(C)cc3[o+]c2c1. The van der Waals surface area contributed by atoms with E-state index < -0.39 is 0 Å². The molecule has 0 bridgehead atoms. The van der Waals surface area contributed by atoms with E-state index in [-0.39, 0.29) is 0 Å². The Balaban J connectivity index is 2.44. The van der Waals surface area contributed by atoms with Crippen molar-refractivity contribution < 1.29 is 4.42 Å². The lowest BCUT2D eigenvalue weighted by atomic mass is 10.2. The highest BCUT2D eigenvalue weighted by Gasteiger charge is 2.13. The van der Waals surface area contributed by atoms with Crippen molar-refractivity contribution in [3.63, 3.8) is 0 Å². The maximum atomic E-state index is 5.85. The molecule has 0 spiro atoms. The van der Waals surface area contributed by atoms with Crippen LogP contribution in [0.2, 0.25) is 0 Å². The van der Waals surface area contributed by atoms with E-state index in [1.165, 1.54) is 11.1 Å². The zero-order valence-corrected chi connectivity index (χ0v) is 9.32.